The number of hydrogen-bond acceptors (Lipinski definition) is 4. The quantitative estimate of drug-likeness (QED) is 0.552. The van der Waals surface area contributed by atoms with Gasteiger partial charge in [0.25, 0.3) is 11.8 Å². The molecule has 1 aromatic rings. The number of nitrogens with one attached hydrogen (secondary N) is 2. The number of amides is 2. The molecule has 2 N–H and O–H groups in total. The highest BCUT2D eigenvalue weighted by Crippen LogP contribution is 2.18. The summed E-state index contributed by atoms with van der Waals surface area (Å²) in [5.74, 6) is -0.702. The van der Waals surface area contributed by atoms with Crippen LogP contribution in [0.4, 0.5) is 4.39 Å². The smallest absolute Gasteiger partial charge is 0.277 e. The Morgan fingerprint density at radius 1 is 1.11 bits per heavy atom. The van der Waals surface area contributed by atoms with Crippen molar-refractivity contribution in [3.63, 3.8) is 0 Å². The number of halogens is 1. The summed E-state index contributed by atoms with van der Waals surface area (Å²) in [5.41, 5.74) is 0. The van der Waals surface area contributed by atoms with Crippen molar-refractivity contribution >= 4 is 21.8 Å². The zero-order chi connectivity index (χ0) is 20.7. The van der Waals surface area contributed by atoms with Crippen LogP contribution in [0.15, 0.2) is 29.2 Å². The summed E-state index contributed by atoms with van der Waals surface area (Å²) in [6, 6.07) is 4.71. The number of likely N-dealkylation sites (N-methyl/N-ethyl adjacent to an activating group) is 1. The molecule has 0 bridgehead atoms. The Morgan fingerprint density at radius 3 is 2.29 bits per heavy atom. The first-order valence-electron chi connectivity index (χ1n) is 9.35. The van der Waals surface area contributed by atoms with E-state index in [1.807, 2.05) is 6.92 Å². The topological polar surface area (TPSA) is 91.2 Å². The van der Waals surface area contributed by atoms with Crippen LogP contribution in [0, 0.1) is 5.82 Å². The molecule has 156 valence electrons. The van der Waals surface area contributed by atoms with Crippen LogP contribution in [0.2, 0.25) is 0 Å². The van der Waals surface area contributed by atoms with Crippen molar-refractivity contribution in [1.82, 2.24) is 14.5 Å². The molecule has 1 saturated heterocycles. The number of sulfonamides is 1. The molecule has 0 saturated carbocycles. The third-order valence-electron chi connectivity index (χ3n) is 4.53. The predicted molar refractivity (Wildman–Crippen MR) is 102 cm³/mol. The zero-order valence-electron chi connectivity index (χ0n) is 16.3. The maximum atomic E-state index is 13.0. The van der Waals surface area contributed by atoms with Gasteiger partial charge in [-0.1, -0.05) is 6.92 Å². The molecule has 0 spiro atoms. The third-order valence-corrected chi connectivity index (χ3v) is 6.44. The van der Waals surface area contributed by atoms with Crippen LogP contribution in [-0.4, -0.2) is 82.3 Å². The van der Waals surface area contributed by atoms with Crippen molar-refractivity contribution in [2.75, 3.05) is 52.9 Å². The normalized spacial score (nSPS) is 16.6. The highest BCUT2D eigenvalue weighted by molar-refractivity contribution is 7.89. The molecule has 28 heavy (non-hydrogen) atoms. The van der Waals surface area contributed by atoms with E-state index in [4.69, 9.17) is 0 Å². The van der Waals surface area contributed by atoms with E-state index in [0.717, 1.165) is 23.5 Å². The van der Waals surface area contributed by atoms with E-state index in [-0.39, 0.29) is 56.0 Å². The minimum Gasteiger partial charge on any atom is -0.351 e. The molecular formula is C18H28FN4O4S+. The van der Waals surface area contributed by atoms with Crippen LogP contribution in [0.25, 0.3) is 0 Å². The van der Waals surface area contributed by atoms with Gasteiger partial charge in [0.1, 0.15) is 5.82 Å². The summed E-state index contributed by atoms with van der Waals surface area (Å²) >= 11 is 0. The van der Waals surface area contributed by atoms with E-state index in [2.05, 4.69) is 5.32 Å². The number of hydrogen-bond donors (Lipinski definition) is 2. The molecule has 1 heterocycles. The van der Waals surface area contributed by atoms with Crippen LogP contribution in [0.1, 0.15) is 13.3 Å². The van der Waals surface area contributed by atoms with E-state index in [1.165, 1.54) is 16.4 Å². The average molecular weight is 416 g/mol. The maximum Gasteiger partial charge on any atom is 0.277 e. The van der Waals surface area contributed by atoms with Gasteiger partial charge in [0.15, 0.2) is 13.1 Å². The Morgan fingerprint density at radius 2 is 1.71 bits per heavy atom. The fourth-order valence-electron chi connectivity index (χ4n) is 2.97. The van der Waals surface area contributed by atoms with Gasteiger partial charge in [-0.3, -0.25) is 9.59 Å². The summed E-state index contributed by atoms with van der Waals surface area (Å²) in [7, 11) is -1.93. The molecule has 2 amide bonds. The van der Waals surface area contributed by atoms with E-state index in [1.54, 1.807) is 11.9 Å². The van der Waals surface area contributed by atoms with Gasteiger partial charge < -0.3 is 15.1 Å². The van der Waals surface area contributed by atoms with Gasteiger partial charge >= 0.3 is 0 Å². The Kier molecular flexibility index (Phi) is 7.90. The van der Waals surface area contributed by atoms with Crippen LogP contribution in [0.5, 0.6) is 0 Å². The molecule has 2 rings (SSSR count). The minimum absolute atomic E-state index is 0.0379. The molecule has 0 aromatic heterocycles. The summed E-state index contributed by atoms with van der Waals surface area (Å²) < 4.78 is 39.6. The number of rotatable bonds is 8. The van der Waals surface area contributed by atoms with Crippen LogP contribution in [-0.2, 0) is 19.6 Å². The van der Waals surface area contributed by atoms with E-state index >= 15 is 0 Å². The Labute approximate surface area is 165 Å². The van der Waals surface area contributed by atoms with Crippen LogP contribution in [0.3, 0.4) is 0 Å². The van der Waals surface area contributed by atoms with Crippen molar-refractivity contribution in [3.05, 3.63) is 30.1 Å². The number of benzene rings is 1. The van der Waals surface area contributed by atoms with E-state index in [0.29, 0.717) is 6.54 Å². The van der Waals surface area contributed by atoms with Crippen molar-refractivity contribution in [2.45, 2.75) is 18.2 Å². The van der Waals surface area contributed by atoms with Gasteiger partial charge in [0.2, 0.25) is 10.0 Å². The second-order valence-corrected chi connectivity index (χ2v) is 8.84. The van der Waals surface area contributed by atoms with Crippen LogP contribution >= 0.6 is 0 Å². The standard InChI is InChI=1S/C18H27FN4O4S/c1-3-8-20-17(24)13-21(2)14-18(25)22-9-11-23(12-10-22)28(26,27)16-6-4-15(19)5-7-16/h4-7H,3,8-14H2,1-2H3,(H,20,24)/p+1. The lowest BCUT2D eigenvalue weighted by Crippen LogP contribution is -3.11. The Balaban J connectivity index is 1.84. The number of piperazine rings is 1. The van der Waals surface area contributed by atoms with E-state index < -0.39 is 15.8 Å². The zero-order valence-corrected chi connectivity index (χ0v) is 17.1. The molecule has 1 unspecified atom stereocenters. The fraction of sp³-hybridized carbons (Fsp3) is 0.556. The Hall–Kier alpha value is -2.04. The highest BCUT2D eigenvalue weighted by Gasteiger charge is 2.31. The summed E-state index contributed by atoms with van der Waals surface area (Å²) in [6.07, 6.45) is 0.856. The molecule has 1 aliphatic rings. The van der Waals surface area contributed by atoms with Gasteiger partial charge in [0, 0.05) is 32.7 Å². The molecule has 0 radical (unpaired) electrons. The number of carbonyl (C=O) groups is 2. The van der Waals surface area contributed by atoms with Crippen molar-refractivity contribution in [1.29, 1.82) is 0 Å². The van der Waals surface area contributed by atoms with Gasteiger partial charge in [0.05, 0.1) is 11.9 Å². The molecule has 0 aliphatic carbocycles. The monoisotopic (exact) mass is 415 g/mol. The predicted octanol–water partition coefficient (Wildman–Crippen LogP) is -1.30. The summed E-state index contributed by atoms with van der Waals surface area (Å²) in [5, 5.41) is 2.78. The van der Waals surface area contributed by atoms with Gasteiger partial charge in [-0.05, 0) is 30.7 Å². The lowest BCUT2D eigenvalue weighted by Gasteiger charge is -2.34. The van der Waals surface area contributed by atoms with Crippen molar-refractivity contribution < 1.29 is 27.3 Å². The molecule has 8 nitrogen and oxygen atoms in total. The maximum absolute atomic E-state index is 13.0. The largest absolute Gasteiger partial charge is 0.351 e. The number of carbonyl (C=O) groups excluding carboxylic acids is 2. The fourth-order valence-corrected chi connectivity index (χ4v) is 4.39. The van der Waals surface area contributed by atoms with Gasteiger partial charge in [-0.25, -0.2) is 12.8 Å². The lowest BCUT2D eigenvalue weighted by molar-refractivity contribution is -0.863. The molecule has 1 atom stereocenters. The first-order valence-corrected chi connectivity index (χ1v) is 10.8. The second-order valence-electron chi connectivity index (χ2n) is 6.90. The summed E-state index contributed by atoms with van der Waals surface area (Å²) in [4.78, 5) is 26.6. The lowest BCUT2D eigenvalue weighted by atomic mass is 10.3. The number of quaternary nitrogens is 1. The highest BCUT2D eigenvalue weighted by atomic mass is 32.2. The number of nitrogens with zero attached hydrogens (tertiary/aromatic N) is 2. The first kappa shape index (κ1) is 22.3. The van der Waals surface area contributed by atoms with Crippen molar-refractivity contribution in [3.8, 4) is 0 Å². The molecular weight excluding hydrogens is 387 g/mol. The molecule has 10 heteroatoms. The van der Waals surface area contributed by atoms with Gasteiger partial charge in [-0.2, -0.15) is 4.31 Å². The third kappa shape index (κ3) is 5.98. The first-order chi connectivity index (χ1) is 13.2. The Bertz CT molecular complexity index is 777. The van der Waals surface area contributed by atoms with Crippen LogP contribution < -0.4 is 10.2 Å². The molecule has 1 aromatic carbocycles. The van der Waals surface area contributed by atoms with Crippen molar-refractivity contribution in [2.24, 2.45) is 0 Å². The van der Waals surface area contributed by atoms with E-state index in [9.17, 15) is 22.4 Å². The average Bonchev–Trinajstić information content (AvgIpc) is 2.66. The SMILES string of the molecule is CCCNC(=O)C[NH+](C)CC(=O)N1CCN(S(=O)(=O)c2ccc(F)cc2)CC1. The van der Waals surface area contributed by atoms with Gasteiger partial charge in [-0.15, -0.1) is 0 Å². The second kappa shape index (κ2) is 9.94. The molecule has 1 fully saturated rings. The minimum atomic E-state index is -3.71. The summed E-state index contributed by atoms with van der Waals surface area (Å²) in [6.45, 7) is 3.90. The molecule has 1 aliphatic heterocycles.